The van der Waals surface area contributed by atoms with E-state index in [1.165, 1.54) is 17.5 Å². The van der Waals surface area contributed by atoms with E-state index in [0.29, 0.717) is 42.5 Å². The Morgan fingerprint density at radius 3 is 2.28 bits per heavy atom. The summed E-state index contributed by atoms with van der Waals surface area (Å²) in [5.41, 5.74) is 1.75. The molecule has 2 aromatic carbocycles. The van der Waals surface area contributed by atoms with Gasteiger partial charge in [-0.2, -0.15) is 4.31 Å². The van der Waals surface area contributed by atoms with Crippen molar-refractivity contribution in [2.24, 2.45) is 0 Å². The molecular weight excluding hydrogens is 360 g/mol. The van der Waals surface area contributed by atoms with Crippen molar-refractivity contribution in [3.8, 4) is 5.75 Å². The molecule has 1 fully saturated rings. The minimum absolute atomic E-state index is 0.242. The molecule has 134 valence electrons. The summed E-state index contributed by atoms with van der Waals surface area (Å²) in [6.07, 6.45) is 0. The molecule has 1 saturated heterocycles. The zero-order valence-corrected chi connectivity index (χ0v) is 15.8. The summed E-state index contributed by atoms with van der Waals surface area (Å²) >= 11 is 6.13. The lowest BCUT2D eigenvalue weighted by Gasteiger charge is -2.35. The number of ether oxygens (including phenoxy) is 1. The van der Waals surface area contributed by atoms with Crippen molar-refractivity contribution in [2.75, 3.05) is 38.2 Å². The van der Waals surface area contributed by atoms with Crippen molar-refractivity contribution in [3.63, 3.8) is 0 Å². The number of para-hydroxylation sites is 1. The predicted molar refractivity (Wildman–Crippen MR) is 100 cm³/mol. The molecule has 3 rings (SSSR count). The normalized spacial score (nSPS) is 16.0. The van der Waals surface area contributed by atoms with Gasteiger partial charge in [0.1, 0.15) is 5.75 Å². The topological polar surface area (TPSA) is 49.9 Å². The number of nitrogens with zero attached hydrogens (tertiary/aromatic N) is 2. The number of halogens is 1. The third-order valence-corrected chi connectivity index (χ3v) is 6.76. The molecule has 25 heavy (non-hydrogen) atoms. The summed E-state index contributed by atoms with van der Waals surface area (Å²) in [7, 11) is -2.07. The molecule has 0 atom stereocenters. The lowest BCUT2D eigenvalue weighted by atomic mass is 10.2. The van der Waals surface area contributed by atoms with Crippen molar-refractivity contribution < 1.29 is 13.2 Å². The molecule has 7 heteroatoms. The second-order valence-corrected chi connectivity index (χ2v) is 8.29. The number of hydrogen-bond donors (Lipinski definition) is 0. The van der Waals surface area contributed by atoms with Gasteiger partial charge in [-0.15, -0.1) is 0 Å². The molecule has 0 bridgehead atoms. The zero-order chi connectivity index (χ0) is 18.0. The van der Waals surface area contributed by atoms with Crippen LogP contribution in [0.25, 0.3) is 0 Å². The van der Waals surface area contributed by atoms with Crippen LogP contribution in [-0.4, -0.2) is 46.0 Å². The Morgan fingerprint density at radius 2 is 1.68 bits per heavy atom. The van der Waals surface area contributed by atoms with Crippen LogP contribution in [0.2, 0.25) is 5.02 Å². The summed E-state index contributed by atoms with van der Waals surface area (Å²) in [4.78, 5) is 2.44. The fraction of sp³-hybridized carbons (Fsp3) is 0.333. The van der Waals surface area contributed by atoms with E-state index in [4.69, 9.17) is 16.3 Å². The highest BCUT2D eigenvalue weighted by Gasteiger charge is 2.30. The predicted octanol–water partition coefficient (Wildman–Crippen LogP) is 3.17. The Hall–Kier alpha value is -1.76. The minimum atomic E-state index is -3.58. The van der Waals surface area contributed by atoms with Crippen molar-refractivity contribution in [2.45, 2.75) is 11.8 Å². The van der Waals surface area contributed by atoms with E-state index < -0.39 is 10.0 Å². The summed E-state index contributed by atoms with van der Waals surface area (Å²) < 4.78 is 32.7. The first-order valence-electron chi connectivity index (χ1n) is 8.08. The van der Waals surface area contributed by atoms with Crippen molar-refractivity contribution in [1.29, 1.82) is 0 Å². The summed E-state index contributed by atoms with van der Waals surface area (Å²) in [6, 6.07) is 13.2. The molecular formula is C18H21ClN2O3S. The van der Waals surface area contributed by atoms with E-state index in [9.17, 15) is 8.42 Å². The first-order chi connectivity index (χ1) is 11.9. The average molecular weight is 381 g/mol. The highest BCUT2D eigenvalue weighted by atomic mass is 35.5. The van der Waals surface area contributed by atoms with Gasteiger partial charge in [0.15, 0.2) is 0 Å². The van der Waals surface area contributed by atoms with E-state index in [0.717, 1.165) is 5.69 Å². The van der Waals surface area contributed by atoms with Crippen LogP contribution in [0.15, 0.2) is 47.4 Å². The summed E-state index contributed by atoms with van der Waals surface area (Å²) in [5.74, 6) is 0.479. The highest BCUT2D eigenvalue weighted by molar-refractivity contribution is 7.89. The molecule has 0 spiro atoms. The molecule has 0 unspecified atom stereocenters. The van der Waals surface area contributed by atoms with Gasteiger partial charge in [0.25, 0.3) is 0 Å². The van der Waals surface area contributed by atoms with Crippen LogP contribution in [0.1, 0.15) is 5.56 Å². The Balaban J connectivity index is 1.80. The number of benzene rings is 2. The number of sulfonamides is 1. The van der Waals surface area contributed by atoms with Crippen LogP contribution in [0.5, 0.6) is 5.75 Å². The van der Waals surface area contributed by atoms with Gasteiger partial charge in [-0.1, -0.05) is 29.8 Å². The van der Waals surface area contributed by atoms with Gasteiger partial charge in [-0.25, -0.2) is 8.42 Å². The largest absolute Gasteiger partial charge is 0.495 e. The first kappa shape index (κ1) is 18.0. The van der Waals surface area contributed by atoms with Crippen LogP contribution >= 0.6 is 11.6 Å². The van der Waals surface area contributed by atoms with Crippen molar-refractivity contribution in [3.05, 3.63) is 53.1 Å². The van der Waals surface area contributed by atoms with Gasteiger partial charge < -0.3 is 9.64 Å². The van der Waals surface area contributed by atoms with Gasteiger partial charge in [-0.3, -0.25) is 0 Å². The lowest BCUT2D eigenvalue weighted by molar-refractivity contribution is 0.384. The third kappa shape index (κ3) is 3.61. The standard InChI is InChI=1S/C18H21ClN2O3S/c1-14-12-17(24-2)16(19)13-18(14)25(22,23)21-10-8-20(9-11-21)15-6-4-3-5-7-15/h3-7,12-13H,8-11H2,1-2H3. The van der Waals surface area contributed by atoms with Gasteiger partial charge in [0.05, 0.1) is 17.0 Å². The zero-order valence-electron chi connectivity index (χ0n) is 14.3. The number of anilines is 1. The quantitative estimate of drug-likeness (QED) is 0.817. The maximum absolute atomic E-state index is 13.0. The Bertz CT molecular complexity index is 848. The molecule has 0 saturated carbocycles. The molecule has 0 aliphatic carbocycles. The van der Waals surface area contributed by atoms with Crippen LogP contribution in [0.4, 0.5) is 5.69 Å². The van der Waals surface area contributed by atoms with Gasteiger partial charge >= 0.3 is 0 Å². The van der Waals surface area contributed by atoms with Gasteiger partial charge in [-0.05, 0) is 36.8 Å². The van der Waals surface area contributed by atoms with E-state index in [-0.39, 0.29) is 4.90 Å². The molecule has 1 aliphatic rings. The Kier molecular flexibility index (Phi) is 5.22. The summed E-state index contributed by atoms with van der Waals surface area (Å²) in [6.45, 7) is 3.96. The Morgan fingerprint density at radius 1 is 1.04 bits per heavy atom. The van der Waals surface area contributed by atoms with Crippen LogP contribution in [-0.2, 0) is 10.0 Å². The Labute approximate surface area is 153 Å². The minimum Gasteiger partial charge on any atom is -0.495 e. The van der Waals surface area contributed by atoms with E-state index in [2.05, 4.69) is 4.90 Å². The monoisotopic (exact) mass is 380 g/mol. The second kappa shape index (κ2) is 7.23. The fourth-order valence-corrected chi connectivity index (χ4v) is 5.00. The maximum atomic E-state index is 13.0. The number of methoxy groups -OCH3 is 1. The molecule has 1 aliphatic heterocycles. The number of aryl methyl sites for hydroxylation is 1. The molecule has 0 amide bonds. The van der Waals surface area contributed by atoms with E-state index in [1.54, 1.807) is 13.0 Å². The molecule has 2 aromatic rings. The molecule has 0 aromatic heterocycles. The fourth-order valence-electron chi connectivity index (χ4n) is 3.04. The third-order valence-electron chi connectivity index (χ3n) is 4.43. The smallest absolute Gasteiger partial charge is 0.243 e. The van der Waals surface area contributed by atoms with Gasteiger partial charge in [0.2, 0.25) is 10.0 Å². The molecule has 0 N–H and O–H groups in total. The molecule has 0 radical (unpaired) electrons. The van der Waals surface area contributed by atoms with E-state index >= 15 is 0 Å². The van der Waals surface area contributed by atoms with Gasteiger partial charge in [0, 0.05) is 31.9 Å². The van der Waals surface area contributed by atoms with E-state index in [1.807, 2.05) is 30.3 Å². The number of rotatable bonds is 4. The van der Waals surface area contributed by atoms with Crippen LogP contribution < -0.4 is 9.64 Å². The van der Waals surface area contributed by atoms with Crippen molar-refractivity contribution >= 4 is 27.3 Å². The van der Waals surface area contributed by atoms with Crippen molar-refractivity contribution in [1.82, 2.24) is 4.31 Å². The molecule has 5 nitrogen and oxygen atoms in total. The average Bonchev–Trinajstić information content (AvgIpc) is 2.64. The summed E-state index contributed by atoms with van der Waals surface area (Å²) in [5, 5.41) is 0.301. The van der Waals surface area contributed by atoms with Crippen LogP contribution in [0, 0.1) is 6.92 Å². The van der Waals surface area contributed by atoms with Crippen LogP contribution in [0.3, 0.4) is 0 Å². The number of hydrogen-bond acceptors (Lipinski definition) is 4. The number of piperazine rings is 1. The lowest BCUT2D eigenvalue weighted by Crippen LogP contribution is -2.48. The highest BCUT2D eigenvalue weighted by Crippen LogP contribution is 2.32. The first-order valence-corrected chi connectivity index (χ1v) is 9.89. The second-order valence-electron chi connectivity index (χ2n) is 5.98. The maximum Gasteiger partial charge on any atom is 0.243 e. The molecule has 1 heterocycles. The SMILES string of the molecule is COc1cc(C)c(S(=O)(=O)N2CCN(c3ccccc3)CC2)cc1Cl.